The lowest BCUT2D eigenvalue weighted by Gasteiger charge is -2.16. The Bertz CT molecular complexity index is 563. The normalized spacial score (nSPS) is 17.4. The highest BCUT2D eigenvalue weighted by atomic mass is 32.2. The zero-order chi connectivity index (χ0) is 14.8. The number of alkyl halides is 3. The van der Waals surface area contributed by atoms with Gasteiger partial charge in [0, 0.05) is 6.54 Å². The molecule has 0 saturated heterocycles. The van der Waals surface area contributed by atoms with E-state index in [1.807, 2.05) is 0 Å². The number of benzene rings is 1. The lowest BCUT2D eigenvalue weighted by atomic mass is 10.1. The van der Waals surface area contributed by atoms with Crippen LogP contribution in [0.25, 0.3) is 0 Å². The van der Waals surface area contributed by atoms with E-state index in [9.17, 15) is 21.6 Å². The number of para-hydroxylation sites is 1. The molecule has 1 fully saturated rings. The van der Waals surface area contributed by atoms with Crippen LogP contribution >= 0.6 is 0 Å². The van der Waals surface area contributed by atoms with Crippen LogP contribution < -0.4 is 5.32 Å². The Balaban J connectivity index is 2.22. The molecule has 7 heteroatoms. The molecule has 0 spiro atoms. The smallest absolute Gasteiger partial charge is 0.384 e. The molecule has 20 heavy (non-hydrogen) atoms. The molecule has 1 aliphatic rings. The van der Waals surface area contributed by atoms with Gasteiger partial charge in [0.2, 0.25) is 0 Å². The highest BCUT2D eigenvalue weighted by Crippen LogP contribution is 2.34. The molecule has 0 amide bonds. The Morgan fingerprint density at radius 1 is 1.15 bits per heavy atom. The maximum atomic E-state index is 12.6. The van der Waals surface area contributed by atoms with E-state index in [4.69, 9.17) is 0 Å². The minimum Gasteiger partial charge on any atom is -0.384 e. The second kappa shape index (κ2) is 5.63. The first-order chi connectivity index (χ1) is 9.32. The second-order valence-corrected chi connectivity index (χ2v) is 6.89. The van der Waals surface area contributed by atoms with Crippen LogP contribution in [0, 0.1) is 5.92 Å². The average molecular weight is 307 g/mol. The molecular weight excluding hydrogens is 291 g/mol. The molecule has 3 nitrogen and oxygen atoms in total. The number of halogens is 3. The van der Waals surface area contributed by atoms with Crippen molar-refractivity contribution in [3.05, 3.63) is 24.3 Å². The summed E-state index contributed by atoms with van der Waals surface area (Å²) in [6, 6.07) is 5.17. The van der Waals surface area contributed by atoms with Gasteiger partial charge in [0.05, 0.1) is 10.6 Å². The number of hydrogen-bond acceptors (Lipinski definition) is 3. The van der Waals surface area contributed by atoms with Crippen LogP contribution in [-0.4, -0.2) is 20.5 Å². The molecule has 112 valence electrons. The van der Waals surface area contributed by atoms with Gasteiger partial charge in [-0.05, 0) is 30.9 Å². The lowest BCUT2D eigenvalue weighted by molar-refractivity contribution is -0.0435. The number of hydrogen-bond donors (Lipinski definition) is 1. The molecule has 0 aromatic heterocycles. The molecule has 1 aromatic carbocycles. The lowest BCUT2D eigenvalue weighted by Crippen LogP contribution is -2.24. The molecule has 1 N–H and O–H groups in total. The third-order valence-corrected chi connectivity index (χ3v) is 5.08. The topological polar surface area (TPSA) is 46.2 Å². The second-order valence-electron chi connectivity index (χ2n) is 4.98. The van der Waals surface area contributed by atoms with Crippen molar-refractivity contribution in [2.75, 3.05) is 11.9 Å². The maximum absolute atomic E-state index is 12.6. The van der Waals surface area contributed by atoms with Crippen molar-refractivity contribution < 1.29 is 21.6 Å². The van der Waals surface area contributed by atoms with Crippen molar-refractivity contribution in [2.45, 2.75) is 36.1 Å². The van der Waals surface area contributed by atoms with Gasteiger partial charge in [0.15, 0.2) is 0 Å². The highest BCUT2D eigenvalue weighted by molar-refractivity contribution is 7.92. The van der Waals surface area contributed by atoms with Gasteiger partial charge in [0.1, 0.15) is 0 Å². The van der Waals surface area contributed by atoms with Crippen LogP contribution in [0.2, 0.25) is 0 Å². The number of anilines is 1. The molecular formula is C13H16F3NO2S. The monoisotopic (exact) mass is 307 g/mol. The molecule has 0 atom stereocenters. The molecule has 0 radical (unpaired) electrons. The van der Waals surface area contributed by atoms with Crippen LogP contribution in [0.15, 0.2) is 29.2 Å². The standard InChI is InChI=1S/C13H16F3NO2S/c14-13(15,16)20(18,19)12-8-4-3-7-11(12)17-9-10-5-1-2-6-10/h3-4,7-8,10,17H,1-2,5-6,9H2. The van der Waals surface area contributed by atoms with Crippen molar-refractivity contribution >= 4 is 15.5 Å². The summed E-state index contributed by atoms with van der Waals surface area (Å²) < 4.78 is 60.9. The van der Waals surface area contributed by atoms with Gasteiger partial charge in [0.25, 0.3) is 9.84 Å². The molecule has 2 rings (SSSR count). The third kappa shape index (κ3) is 3.08. The van der Waals surface area contributed by atoms with Gasteiger partial charge in [-0.15, -0.1) is 0 Å². The summed E-state index contributed by atoms with van der Waals surface area (Å²) in [7, 11) is -5.32. The van der Waals surface area contributed by atoms with E-state index in [1.54, 1.807) is 0 Å². The van der Waals surface area contributed by atoms with Gasteiger partial charge in [-0.1, -0.05) is 25.0 Å². The zero-order valence-electron chi connectivity index (χ0n) is 10.8. The SMILES string of the molecule is O=S(=O)(c1ccccc1NCC1CCCC1)C(F)(F)F. The van der Waals surface area contributed by atoms with Gasteiger partial charge < -0.3 is 5.32 Å². The Labute approximate surface area is 116 Å². The van der Waals surface area contributed by atoms with Gasteiger partial charge in [-0.25, -0.2) is 8.42 Å². The summed E-state index contributed by atoms with van der Waals surface area (Å²) in [5, 5.41) is 2.85. The van der Waals surface area contributed by atoms with Gasteiger partial charge >= 0.3 is 5.51 Å². The first-order valence-electron chi connectivity index (χ1n) is 6.46. The minimum atomic E-state index is -5.32. The van der Waals surface area contributed by atoms with E-state index in [-0.39, 0.29) is 5.69 Å². The van der Waals surface area contributed by atoms with Crippen LogP contribution in [0.5, 0.6) is 0 Å². The average Bonchev–Trinajstić information content (AvgIpc) is 2.88. The fourth-order valence-corrected chi connectivity index (χ4v) is 3.38. The van der Waals surface area contributed by atoms with Crippen molar-refractivity contribution in [1.82, 2.24) is 0 Å². The van der Waals surface area contributed by atoms with Crippen LogP contribution in [-0.2, 0) is 9.84 Å². The fraction of sp³-hybridized carbons (Fsp3) is 0.538. The van der Waals surface area contributed by atoms with E-state index >= 15 is 0 Å². The predicted molar refractivity (Wildman–Crippen MR) is 70.1 cm³/mol. The fourth-order valence-electron chi connectivity index (χ4n) is 2.44. The van der Waals surface area contributed by atoms with Crippen molar-refractivity contribution in [1.29, 1.82) is 0 Å². The van der Waals surface area contributed by atoms with E-state index in [0.717, 1.165) is 31.7 Å². The Hall–Kier alpha value is -1.24. The van der Waals surface area contributed by atoms with Crippen LogP contribution in [0.1, 0.15) is 25.7 Å². The maximum Gasteiger partial charge on any atom is 0.501 e. The first kappa shape index (κ1) is 15.2. The number of nitrogens with one attached hydrogen (secondary N) is 1. The zero-order valence-corrected chi connectivity index (χ0v) is 11.6. The summed E-state index contributed by atoms with van der Waals surface area (Å²) >= 11 is 0. The predicted octanol–water partition coefficient (Wildman–Crippen LogP) is 3.58. The summed E-state index contributed by atoms with van der Waals surface area (Å²) in [6.07, 6.45) is 4.30. The van der Waals surface area contributed by atoms with E-state index in [0.29, 0.717) is 12.5 Å². The van der Waals surface area contributed by atoms with E-state index in [1.165, 1.54) is 18.2 Å². The van der Waals surface area contributed by atoms with Crippen molar-refractivity contribution in [3.8, 4) is 0 Å². The number of rotatable bonds is 4. The largest absolute Gasteiger partial charge is 0.501 e. The van der Waals surface area contributed by atoms with E-state index in [2.05, 4.69) is 5.32 Å². The quantitative estimate of drug-likeness (QED) is 0.925. The molecule has 0 heterocycles. The molecule has 1 aromatic rings. The molecule has 1 aliphatic carbocycles. The molecule has 0 bridgehead atoms. The van der Waals surface area contributed by atoms with E-state index < -0.39 is 20.2 Å². The number of sulfone groups is 1. The van der Waals surface area contributed by atoms with Crippen molar-refractivity contribution in [3.63, 3.8) is 0 Å². The summed E-state index contributed by atoms with van der Waals surface area (Å²) in [5.41, 5.74) is -5.25. The highest BCUT2D eigenvalue weighted by Gasteiger charge is 2.47. The Morgan fingerprint density at radius 2 is 1.75 bits per heavy atom. The summed E-state index contributed by atoms with van der Waals surface area (Å²) in [4.78, 5) is -0.703. The van der Waals surface area contributed by atoms with Crippen molar-refractivity contribution in [2.24, 2.45) is 5.92 Å². The molecule has 0 aliphatic heterocycles. The van der Waals surface area contributed by atoms with Crippen LogP contribution in [0.4, 0.5) is 18.9 Å². The molecule has 1 saturated carbocycles. The summed E-state index contributed by atoms with van der Waals surface area (Å²) in [5.74, 6) is 0.400. The first-order valence-corrected chi connectivity index (χ1v) is 7.95. The Morgan fingerprint density at radius 3 is 2.35 bits per heavy atom. The Kier molecular flexibility index (Phi) is 4.27. The molecule has 0 unspecified atom stereocenters. The minimum absolute atomic E-state index is 0.0247. The summed E-state index contributed by atoms with van der Waals surface area (Å²) in [6.45, 7) is 0.504. The third-order valence-electron chi connectivity index (χ3n) is 3.54. The van der Waals surface area contributed by atoms with Gasteiger partial charge in [-0.2, -0.15) is 13.2 Å². The van der Waals surface area contributed by atoms with Gasteiger partial charge in [-0.3, -0.25) is 0 Å². The van der Waals surface area contributed by atoms with Crippen LogP contribution in [0.3, 0.4) is 0 Å².